The number of para-hydroxylation sites is 2. The molecule has 170 valence electrons. The number of anilines is 1. The Morgan fingerprint density at radius 1 is 1.00 bits per heavy atom. The number of benzene rings is 3. The summed E-state index contributed by atoms with van der Waals surface area (Å²) in [5.74, 6) is -0.607. The van der Waals surface area contributed by atoms with Gasteiger partial charge in [-0.05, 0) is 41.7 Å². The monoisotopic (exact) mass is 444 g/mol. The zero-order chi connectivity index (χ0) is 23.2. The van der Waals surface area contributed by atoms with E-state index >= 15 is 0 Å². The van der Waals surface area contributed by atoms with Gasteiger partial charge in [-0.25, -0.2) is 0 Å². The van der Waals surface area contributed by atoms with E-state index in [9.17, 15) is 14.7 Å². The Bertz CT molecular complexity index is 1100. The van der Waals surface area contributed by atoms with Crippen molar-refractivity contribution < 1.29 is 19.4 Å². The minimum atomic E-state index is -1.00. The molecule has 33 heavy (non-hydrogen) atoms. The van der Waals surface area contributed by atoms with Gasteiger partial charge in [-0.15, -0.1) is 0 Å². The van der Waals surface area contributed by atoms with Crippen LogP contribution in [0.25, 0.3) is 0 Å². The maximum atomic E-state index is 13.6. The highest BCUT2D eigenvalue weighted by atomic mass is 16.5. The number of hydrogen-bond acceptors (Lipinski definition) is 4. The van der Waals surface area contributed by atoms with E-state index in [0.717, 1.165) is 17.5 Å². The number of nitrogens with one attached hydrogen (secondary N) is 1. The van der Waals surface area contributed by atoms with Gasteiger partial charge in [-0.2, -0.15) is 0 Å². The van der Waals surface area contributed by atoms with Crippen molar-refractivity contribution in [2.24, 2.45) is 0 Å². The van der Waals surface area contributed by atoms with E-state index in [-0.39, 0.29) is 18.9 Å². The number of aliphatic carboxylic acids is 1. The second kappa shape index (κ2) is 10.3. The highest BCUT2D eigenvalue weighted by Gasteiger charge is 2.34. The SMILES string of the molecule is CCc1ccc(CN2C(=O)[C@@H](N[C@@H](Cc3ccccc3)C(=O)O)COc3ccccc32)cc1. The number of carbonyl (C=O) groups excluding carboxylic acids is 1. The molecular formula is C27H28N2O4. The quantitative estimate of drug-likeness (QED) is 0.552. The molecule has 1 aliphatic rings. The lowest BCUT2D eigenvalue weighted by atomic mass is 10.0. The highest BCUT2D eigenvalue weighted by Crippen LogP contribution is 2.32. The summed E-state index contributed by atoms with van der Waals surface area (Å²) in [6.07, 6.45) is 1.22. The van der Waals surface area contributed by atoms with Gasteiger partial charge in [0.2, 0.25) is 5.91 Å². The number of rotatable bonds is 8. The maximum Gasteiger partial charge on any atom is 0.321 e. The molecule has 6 heteroatoms. The summed E-state index contributed by atoms with van der Waals surface area (Å²) >= 11 is 0. The highest BCUT2D eigenvalue weighted by molar-refractivity contribution is 5.99. The number of fused-ring (bicyclic) bond motifs is 1. The van der Waals surface area contributed by atoms with Crippen LogP contribution in [0.4, 0.5) is 5.69 Å². The first-order valence-electron chi connectivity index (χ1n) is 11.2. The number of nitrogens with zero attached hydrogens (tertiary/aromatic N) is 1. The zero-order valence-corrected chi connectivity index (χ0v) is 18.6. The molecule has 0 saturated carbocycles. The van der Waals surface area contributed by atoms with Crippen molar-refractivity contribution in [3.05, 3.63) is 95.6 Å². The number of hydrogen-bond donors (Lipinski definition) is 2. The molecule has 1 amide bonds. The smallest absolute Gasteiger partial charge is 0.321 e. The fourth-order valence-corrected chi connectivity index (χ4v) is 4.01. The number of aryl methyl sites for hydroxylation is 1. The lowest BCUT2D eigenvalue weighted by Crippen LogP contribution is -2.54. The third-order valence-electron chi connectivity index (χ3n) is 5.88. The molecule has 2 atom stereocenters. The molecule has 0 spiro atoms. The number of carboxylic acid groups (broad SMARTS) is 1. The van der Waals surface area contributed by atoms with Crippen LogP contribution in [0.2, 0.25) is 0 Å². The molecule has 0 aromatic heterocycles. The molecule has 0 fully saturated rings. The molecule has 3 aromatic carbocycles. The third-order valence-corrected chi connectivity index (χ3v) is 5.88. The van der Waals surface area contributed by atoms with Crippen molar-refractivity contribution >= 4 is 17.6 Å². The Kier molecular flexibility index (Phi) is 7.05. The third kappa shape index (κ3) is 5.41. The Morgan fingerprint density at radius 3 is 2.36 bits per heavy atom. The molecule has 2 N–H and O–H groups in total. The number of carboxylic acids is 1. The van der Waals surface area contributed by atoms with E-state index in [4.69, 9.17) is 4.74 Å². The van der Waals surface area contributed by atoms with Crippen LogP contribution in [-0.2, 0) is 29.0 Å². The van der Waals surface area contributed by atoms with Crippen molar-refractivity contribution in [2.75, 3.05) is 11.5 Å². The van der Waals surface area contributed by atoms with Gasteiger partial charge < -0.3 is 14.7 Å². The van der Waals surface area contributed by atoms with Crippen molar-refractivity contribution in [3.8, 4) is 5.75 Å². The molecular weight excluding hydrogens is 416 g/mol. The lowest BCUT2D eigenvalue weighted by Gasteiger charge is -2.27. The summed E-state index contributed by atoms with van der Waals surface area (Å²) in [4.78, 5) is 27.3. The topological polar surface area (TPSA) is 78.9 Å². The largest absolute Gasteiger partial charge is 0.489 e. The summed E-state index contributed by atoms with van der Waals surface area (Å²) in [6.45, 7) is 2.53. The summed E-state index contributed by atoms with van der Waals surface area (Å²) in [7, 11) is 0. The zero-order valence-electron chi connectivity index (χ0n) is 18.6. The first-order chi connectivity index (χ1) is 16.0. The summed E-state index contributed by atoms with van der Waals surface area (Å²) in [5.41, 5.74) is 3.79. The number of amides is 1. The Labute approximate surface area is 193 Å². The minimum Gasteiger partial charge on any atom is -0.489 e. The number of carbonyl (C=O) groups is 2. The molecule has 0 aliphatic carbocycles. The molecule has 1 heterocycles. The normalized spacial score (nSPS) is 16.5. The summed E-state index contributed by atoms with van der Waals surface area (Å²) in [5, 5.41) is 12.9. The molecule has 0 saturated heterocycles. The summed E-state index contributed by atoms with van der Waals surface area (Å²) in [6, 6.07) is 23.3. The Balaban J connectivity index is 1.59. The first kappa shape index (κ1) is 22.6. The van der Waals surface area contributed by atoms with E-state index in [0.29, 0.717) is 18.0 Å². The lowest BCUT2D eigenvalue weighted by molar-refractivity contribution is -0.140. The van der Waals surface area contributed by atoms with Crippen molar-refractivity contribution in [3.63, 3.8) is 0 Å². The molecule has 3 aromatic rings. The van der Waals surface area contributed by atoms with E-state index in [1.54, 1.807) is 4.90 Å². The van der Waals surface area contributed by atoms with E-state index in [1.165, 1.54) is 5.56 Å². The molecule has 0 bridgehead atoms. The van der Waals surface area contributed by atoms with Crippen LogP contribution in [0.3, 0.4) is 0 Å². The van der Waals surface area contributed by atoms with Gasteiger partial charge in [0.1, 0.15) is 24.4 Å². The number of ether oxygens (including phenoxy) is 1. The van der Waals surface area contributed by atoms with Crippen LogP contribution in [0.5, 0.6) is 5.75 Å². The molecule has 0 radical (unpaired) electrons. The van der Waals surface area contributed by atoms with E-state index in [1.807, 2.05) is 66.7 Å². The van der Waals surface area contributed by atoms with Crippen molar-refractivity contribution in [1.29, 1.82) is 0 Å². The average Bonchev–Trinajstić information content (AvgIpc) is 2.97. The second-order valence-electron chi connectivity index (χ2n) is 8.17. The van der Waals surface area contributed by atoms with Gasteiger partial charge in [-0.3, -0.25) is 14.9 Å². The van der Waals surface area contributed by atoms with Crippen LogP contribution in [-0.4, -0.2) is 35.7 Å². The van der Waals surface area contributed by atoms with Crippen molar-refractivity contribution in [2.45, 2.75) is 38.4 Å². The predicted molar refractivity (Wildman–Crippen MR) is 127 cm³/mol. The van der Waals surface area contributed by atoms with Gasteiger partial charge in [0.05, 0.1) is 12.2 Å². The Hall–Kier alpha value is -3.64. The first-order valence-corrected chi connectivity index (χ1v) is 11.2. The fourth-order valence-electron chi connectivity index (χ4n) is 4.01. The van der Waals surface area contributed by atoms with Gasteiger partial charge in [0.25, 0.3) is 0 Å². The molecule has 1 aliphatic heterocycles. The van der Waals surface area contributed by atoms with Gasteiger partial charge >= 0.3 is 5.97 Å². The standard InChI is InChI=1S/C27H28N2O4/c1-2-19-12-14-21(15-13-19)17-29-24-10-6-7-11-25(24)33-18-23(26(29)30)28-22(27(31)32)16-20-8-4-3-5-9-20/h3-15,22-23,28H,2,16-18H2,1H3,(H,31,32)/t22-,23-/m0/s1. The predicted octanol–water partition coefficient (Wildman–Crippen LogP) is 3.83. The molecule has 0 unspecified atom stereocenters. The fraction of sp³-hybridized carbons (Fsp3) is 0.259. The van der Waals surface area contributed by atoms with Crippen LogP contribution in [0.1, 0.15) is 23.6 Å². The van der Waals surface area contributed by atoms with E-state index < -0.39 is 18.1 Å². The van der Waals surface area contributed by atoms with Crippen molar-refractivity contribution in [1.82, 2.24) is 5.32 Å². The van der Waals surface area contributed by atoms with Crippen LogP contribution >= 0.6 is 0 Å². The van der Waals surface area contributed by atoms with Gasteiger partial charge in [0.15, 0.2) is 0 Å². The second-order valence-corrected chi connectivity index (χ2v) is 8.17. The maximum absolute atomic E-state index is 13.6. The molecule has 4 rings (SSSR count). The van der Waals surface area contributed by atoms with E-state index in [2.05, 4.69) is 24.4 Å². The average molecular weight is 445 g/mol. The Morgan fingerprint density at radius 2 is 1.67 bits per heavy atom. The van der Waals surface area contributed by atoms with Gasteiger partial charge in [0, 0.05) is 0 Å². The minimum absolute atomic E-state index is 0.0552. The molecule has 6 nitrogen and oxygen atoms in total. The van der Waals surface area contributed by atoms with Gasteiger partial charge in [-0.1, -0.05) is 73.7 Å². The van der Waals surface area contributed by atoms with Crippen LogP contribution in [0, 0.1) is 0 Å². The van der Waals surface area contributed by atoms with Crippen LogP contribution in [0.15, 0.2) is 78.9 Å². The van der Waals surface area contributed by atoms with Crippen LogP contribution < -0.4 is 15.0 Å². The summed E-state index contributed by atoms with van der Waals surface area (Å²) < 4.78 is 5.95.